The molecule has 1 fully saturated rings. The standard InChI is InChI=1S/C14H14ClN3O2/c1-3-14(2)12(19)18(13(20)17-14)8-10-5-4-9(7-16)6-11(10)15/h4-6H,3,8H2,1-2H3,(H,17,20). The van der Waals surface area contributed by atoms with Crippen LogP contribution in [0.2, 0.25) is 5.02 Å². The fourth-order valence-corrected chi connectivity index (χ4v) is 2.29. The van der Waals surface area contributed by atoms with Gasteiger partial charge in [0.05, 0.1) is 18.2 Å². The first-order valence-corrected chi connectivity index (χ1v) is 6.61. The molecule has 1 aromatic carbocycles. The van der Waals surface area contributed by atoms with Crippen molar-refractivity contribution in [3.63, 3.8) is 0 Å². The van der Waals surface area contributed by atoms with Crippen LogP contribution in [0.15, 0.2) is 18.2 Å². The predicted molar refractivity (Wildman–Crippen MR) is 73.9 cm³/mol. The third-order valence-electron chi connectivity index (χ3n) is 3.56. The summed E-state index contributed by atoms with van der Waals surface area (Å²) in [6, 6.07) is 6.36. The molecule has 1 N–H and O–H groups in total. The Labute approximate surface area is 122 Å². The molecule has 2 rings (SSSR count). The monoisotopic (exact) mass is 291 g/mol. The summed E-state index contributed by atoms with van der Waals surface area (Å²) in [6.07, 6.45) is 0.523. The highest BCUT2D eigenvalue weighted by Gasteiger charge is 2.46. The van der Waals surface area contributed by atoms with Crippen molar-refractivity contribution in [2.75, 3.05) is 0 Å². The second-order valence-corrected chi connectivity index (χ2v) is 5.33. The van der Waals surface area contributed by atoms with Crippen LogP contribution in [-0.2, 0) is 11.3 Å². The third kappa shape index (κ3) is 2.35. The number of urea groups is 1. The third-order valence-corrected chi connectivity index (χ3v) is 3.91. The van der Waals surface area contributed by atoms with Gasteiger partial charge in [0.25, 0.3) is 5.91 Å². The number of carbonyl (C=O) groups is 2. The predicted octanol–water partition coefficient (Wildman–Crippen LogP) is 2.43. The summed E-state index contributed by atoms with van der Waals surface area (Å²) in [4.78, 5) is 25.3. The lowest BCUT2D eigenvalue weighted by Gasteiger charge is -2.19. The highest BCUT2D eigenvalue weighted by molar-refractivity contribution is 6.31. The van der Waals surface area contributed by atoms with Gasteiger partial charge in [0.15, 0.2) is 0 Å². The van der Waals surface area contributed by atoms with Crippen molar-refractivity contribution in [3.8, 4) is 6.07 Å². The molecule has 5 nitrogen and oxygen atoms in total. The molecule has 1 aliphatic heterocycles. The van der Waals surface area contributed by atoms with E-state index in [1.807, 2.05) is 13.0 Å². The quantitative estimate of drug-likeness (QED) is 0.869. The van der Waals surface area contributed by atoms with Crippen LogP contribution in [0, 0.1) is 11.3 Å². The van der Waals surface area contributed by atoms with Gasteiger partial charge in [0.2, 0.25) is 0 Å². The smallest absolute Gasteiger partial charge is 0.323 e. The number of nitrogens with zero attached hydrogens (tertiary/aromatic N) is 2. The molecule has 1 atom stereocenters. The number of halogens is 1. The number of nitriles is 1. The van der Waals surface area contributed by atoms with E-state index in [-0.39, 0.29) is 12.5 Å². The highest BCUT2D eigenvalue weighted by Crippen LogP contribution is 2.25. The molecule has 3 amide bonds. The van der Waals surface area contributed by atoms with Crippen LogP contribution in [-0.4, -0.2) is 22.4 Å². The molecule has 1 saturated heterocycles. The molecule has 0 saturated carbocycles. The van der Waals surface area contributed by atoms with Crippen molar-refractivity contribution in [2.45, 2.75) is 32.4 Å². The molecule has 1 heterocycles. The van der Waals surface area contributed by atoms with Crippen LogP contribution in [0.3, 0.4) is 0 Å². The fourth-order valence-electron chi connectivity index (χ4n) is 2.05. The Morgan fingerprint density at radius 2 is 2.15 bits per heavy atom. The van der Waals surface area contributed by atoms with Crippen LogP contribution in [0.5, 0.6) is 0 Å². The molecular weight excluding hydrogens is 278 g/mol. The fraction of sp³-hybridized carbons (Fsp3) is 0.357. The molecule has 0 spiro atoms. The molecule has 6 heteroatoms. The van der Waals surface area contributed by atoms with Crippen LogP contribution in [0.4, 0.5) is 4.79 Å². The summed E-state index contributed by atoms with van der Waals surface area (Å²) < 4.78 is 0. The number of benzene rings is 1. The van der Waals surface area contributed by atoms with Crippen LogP contribution < -0.4 is 5.32 Å². The van der Waals surface area contributed by atoms with Gasteiger partial charge in [-0.25, -0.2) is 4.79 Å². The number of nitrogens with one attached hydrogen (secondary N) is 1. The summed E-state index contributed by atoms with van der Waals surface area (Å²) >= 11 is 6.07. The molecule has 0 bridgehead atoms. The average molecular weight is 292 g/mol. The van der Waals surface area contributed by atoms with Gasteiger partial charge >= 0.3 is 6.03 Å². The number of imide groups is 1. The summed E-state index contributed by atoms with van der Waals surface area (Å²) in [6.45, 7) is 3.65. The van der Waals surface area contributed by atoms with Crippen molar-refractivity contribution in [3.05, 3.63) is 34.3 Å². The molecule has 104 valence electrons. The first kappa shape index (κ1) is 14.4. The molecule has 0 radical (unpaired) electrons. The van der Waals surface area contributed by atoms with Gasteiger partial charge in [-0.15, -0.1) is 0 Å². The van der Waals surface area contributed by atoms with Crippen LogP contribution in [0.1, 0.15) is 31.4 Å². The molecule has 1 unspecified atom stereocenters. The molecule has 20 heavy (non-hydrogen) atoms. The SMILES string of the molecule is CCC1(C)NC(=O)N(Cc2ccc(C#N)cc2Cl)C1=O. The van der Waals surface area contributed by atoms with E-state index in [4.69, 9.17) is 16.9 Å². The first-order valence-electron chi connectivity index (χ1n) is 6.24. The summed E-state index contributed by atoms with van der Waals surface area (Å²) in [5.41, 5.74) is 0.222. The van der Waals surface area contributed by atoms with E-state index < -0.39 is 11.6 Å². The van der Waals surface area contributed by atoms with Gasteiger partial charge in [-0.05, 0) is 31.0 Å². The van der Waals surface area contributed by atoms with E-state index in [2.05, 4.69) is 5.32 Å². The molecule has 1 aliphatic rings. The minimum atomic E-state index is -0.851. The second-order valence-electron chi connectivity index (χ2n) is 4.93. The molecular formula is C14H14ClN3O2. The van der Waals surface area contributed by atoms with E-state index in [1.54, 1.807) is 19.1 Å². The largest absolute Gasteiger partial charge is 0.325 e. The maximum Gasteiger partial charge on any atom is 0.325 e. The van der Waals surface area contributed by atoms with E-state index in [0.29, 0.717) is 22.6 Å². The summed E-state index contributed by atoms with van der Waals surface area (Å²) in [7, 11) is 0. The van der Waals surface area contributed by atoms with Gasteiger partial charge in [-0.2, -0.15) is 5.26 Å². The van der Waals surface area contributed by atoms with Crippen LogP contribution in [0.25, 0.3) is 0 Å². The van der Waals surface area contributed by atoms with Gasteiger partial charge in [0.1, 0.15) is 5.54 Å². The normalized spacial score (nSPS) is 21.8. The first-order chi connectivity index (χ1) is 9.41. The molecule has 0 aliphatic carbocycles. The minimum Gasteiger partial charge on any atom is -0.323 e. The minimum absolute atomic E-state index is 0.102. The Kier molecular flexibility index (Phi) is 3.69. The zero-order valence-electron chi connectivity index (χ0n) is 11.2. The zero-order valence-corrected chi connectivity index (χ0v) is 12.0. The lowest BCUT2D eigenvalue weighted by molar-refractivity contribution is -0.131. The van der Waals surface area contributed by atoms with Crippen molar-refractivity contribution < 1.29 is 9.59 Å². The Morgan fingerprint density at radius 3 is 2.65 bits per heavy atom. The average Bonchev–Trinajstić information content (AvgIpc) is 2.65. The maximum absolute atomic E-state index is 12.3. The number of hydrogen-bond donors (Lipinski definition) is 1. The van der Waals surface area contributed by atoms with E-state index in [0.717, 1.165) is 4.90 Å². The van der Waals surface area contributed by atoms with E-state index in [9.17, 15) is 9.59 Å². The zero-order chi connectivity index (χ0) is 14.9. The van der Waals surface area contributed by atoms with Crippen molar-refractivity contribution in [1.29, 1.82) is 5.26 Å². The van der Waals surface area contributed by atoms with Crippen molar-refractivity contribution >= 4 is 23.5 Å². The highest BCUT2D eigenvalue weighted by atomic mass is 35.5. The number of amides is 3. The molecule has 0 aromatic heterocycles. The lowest BCUT2D eigenvalue weighted by atomic mass is 9.99. The topological polar surface area (TPSA) is 73.2 Å². The second kappa shape index (κ2) is 5.14. The number of hydrogen-bond acceptors (Lipinski definition) is 3. The van der Waals surface area contributed by atoms with E-state index >= 15 is 0 Å². The van der Waals surface area contributed by atoms with Crippen molar-refractivity contribution in [1.82, 2.24) is 10.2 Å². The van der Waals surface area contributed by atoms with Gasteiger partial charge in [0, 0.05) is 5.02 Å². The number of carbonyl (C=O) groups excluding carboxylic acids is 2. The van der Waals surface area contributed by atoms with E-state index in [1.165, 1.54) is 6.07 Å². The summed E-state index contributed by atoms with van der Waals surface area (Å²) in [5.74, 6) is -0.259. The molecule has 1 aromatic rings. The van der Waals surface area contributed by atoms with Gasteiger partial charge < -0.3 is 5.32 Å². The van der Waals surface area contributed by atoms with Gasteiger partial charge in [-0.3, -0.25) is 9.69 Å². The Bertz CT molecular complexity index is 623. The lowest BCUT2D eigenvalue weighted by Crippen LogP contribution is -2.43. The Hall–Kier alpha value is -2.06. The Balaban J connectivity index is 2.25. The summed E-state index contributed by atoms with van der Waals surface area (Å²) in [5, 5.41) is 11.8. The van der Waals surface area contributed by atoms with Crippen LogP contribution >= 0.6 is 11.6 Å². The number of rotatable bonds is 3. The Morgan fingerprint density at radius 1 is 1.45 bits per heavy atom. The van der Waals surface area contributed by atoms with Gasteiger partial charge in [-0.1, -0.05) is 24.6 Å². The maximum atomic E-state index is 12.3. The van der Waals surface area contributed by atoms with Crippen molar-refractivity contribution in [2.24, 2.45) is 0 Å².